The highest BCUT2D eigenvalue weighted by atomic mass is 16.5. The fraction of sp³-hybridized carbons (Fsp3) is 0.576. The summed E-state index contributed by atoms with van der Waals surface area (Å²) in [6, 6.07) is 19.7. The molecule has 0 heterocycles. The maximum atomic E-state index is 12.8. The van der Waals surface area contributed by atoms with Crippen LogP contribution in [0.15, 0.2) is 60.7 Å². The fourth-order valence-corrected chi connectivity index (χ4v) is 6.12. The molecule has 39 heavy (non-hydrogen) atoms. The van der Waals surface area contributed by atoms with Gasteiger partial charge in [-0.15, -0.1) is 0 Å². The molecule has 2 saturated carbocycles. The van der Waals surface area contributed by atoms with Gasteiger partial charge < -0.3 is 20.1 Å². The topological polar surface area (TPSA) is 76.7 Å². The zero-order valence-electron chi connectivity index (χ0n) is 23.6. The summed E-state index contributed by atoms with van der Waals surface area (Å²) in [6.07, 6.45) is 10.6. The maximum Gasteiger partial charge on any atom is 0.261 e. The molecule has 2 aliphatic carbocycles. The molecule has 2 aliphatic rings. The number of nitrogens with one attached hydrogen (secondary N) is 2. The normalized spacial score (nSPS) is 24.7. The summed E-state index contributed by atoms with van der Waals surface area (Å²) in [4.78, 5) is 25.7. The first-order valence-corrected chi connectivity index (χ1v) is 15.1. The highest BCUT2D eigenvalue weighted by Gasteiger charge is 2.30. The zero-order chi connectivity index (χ0) is 27.5. The first-order valence-electron chi connectivity index (χ1n) is 15.1. The van der Waals surface area contributed by atoms with Gasteiger partial charge in [-0.2, -0.15) is 0 Å². The molecule has 2 fully saturated rings. The Morgan fingerprint density at radius 1 is 0.641 bits per heavy atom. The quantitative estimate of drug-likeness (QED) is 0.328. The number of hydrogen-bond donors (Lipinski definition) is 2. The summed E-state index contributed by atoms with van der Waals surface area (Å²) in [6.45, 7) is 3.98. The molecule has 2 atom stereocenters. The van der Waals surface area contributed by atoms with Gasteiger partial charge in [-0.3, -0.25) is 9.59 Å². The van der Waals surface area contributed by atoms with Crippen molar-refractivity contribution in [2.45, 2.75) is 109 Å². The van der Waals surface area contributed by atoms with Gasteiger partial charge in [-0.25, -0.2) is 0 Å². The van der Waals surface area contributed by atoms with Gasteiger partial charge in [0.25, 0.3) is 11.8 Å². The molecular formula is C33H46N2O4. The van der Waals surface area contributed by atoms with Crippen LogP contribution < -0.4 is 20.1 Å². The van der Waals surface area contributed by atoms with E-state index in [1.54, 1.807) is 0 Å². The largest absolute Gasteiger partial charge is 0.481 e. The van der Waals surface area contributed by atoms with Crippen molar-refractivity contribution in [3.05, 3.63) is 60.7 Å². The van der Waals surface area contributed by atoms with Crippen molar-refractivity contribution in [1.82, 2.24) is 10.6 Å². The van der Waals surface area contributed by atoms with E-state index in [9.17, 15) is 9.59 Å². The Labute approximate surface area is 234 Å². The van der Waals surface area contributed by atoms with E-state index in [1.807, 2.05) is 74.5 Å². The van der Waals surface area contributed by atoms with E-state index in [0.717, 1.165) is 49.0 Å². The summed E-state index contributed by atoms with van der Waals surface area (Å²) < 4.78 is 11.8. The van der Waals surface area contributed by atoms with Gasteiger partial charge in [-0.1, -0.05) is 50.2 Å². The highest BCUT2D eigenvalue weighted by Crippen LogP contribution is 2.35. The van der Waals surface area contributed by atoms with E-state index in [2.05, 4.69) is 10.6 Å². The van der Waals surface area contributed by atoms with Gasteiger partial charge in [0.1, 0.15) is 11.5 Å². The molecule has 0 spiro atoms. The number of para-hydroxylation sites is 2. The number of carbonyl (C=O) groups is 2. The minimum absolute atomic E-state index is 0.00431. The van der Waals surface area contributed by atoms with Crippen LogP contribution in [0.4, 0.5) is 0 Å². The molecule has 2 N–H and O–H groups in total. The molecule has 0 saturated heterocycles. The molecule has 0 unspecified atom stereocenters. The lowest BCUT2D eigenvalue weighted by molar-refractivity contribution is -0.129. The molecule has 6 nitrogen and oxygen atoms in total. The molecule has 0 aromatic heterocycles. The Bertz CT molecular complexity index is 917. The predicted molar refractivity (Wildman–Crippen MR) is 155 cm³/mol. The summed E-state index contributed by atoms with van der Waals surface area (Å²) >= 11 is 0. The zero-order valence-corrected chi connectivity index (χ0v) is 23.6. The van der Waals surface area contributed by atoms with Crippen LogP contribution in [0.5, 0.6) is 11.5 Å². The second-order valence-corrected chi connectivity index (χ2v) is 11.3. The number of amides is 2. The second kappa shape index (κ2) is 14.9. The Balaban J connectivity index is 1.13. The Morgan fingerprint density at radius 3 is 1.33 bits per heavy atom. The van der Waals surface area contributed by atoms with Gasteiger partial charge in [0.2, 0.25) is 0 Å². The minimum atomic E-state index is -0.446. The standard InChI is InChI=1S/C33H46N2O4/c1-3-30(38-28-11-7-5-8-12-28)32(36)34-26-19-15-24(16-20-26)23-25-17-21-27(22-18-25)35-33(37)31(4-2)39-29-13-9-6-10-14-29/h5-14,24-27,30-31H,3-4,15-23H2,1-2H3,(H,34,36)(H,35,37)/t24?,25?,26?,27?,30-,31-/m1/s1. The lowest BCUT2D eigenvalue weighted by Gasteiger charge is -2.35. The number of hydrogen-bond acceptors (Lipinski definition) is 4. The Morgan fingerprint density at radius 2 is 1.00 bits per heavy atom. The van der Waals surface area contributed by atoms with E-state index in [1.165, 1.54) is 32.1 Å². The maximum absolute atomic E-state index is 12.8. The Kier molecular flexibility index (Phi) is 11.1. The van der Waals surface area contributed by atoms with E-state index in [4.69, 9.17) is 9.47 Å². The van der Waals surface area contributed by atoms with E-state index in [-0.39, 0.29) is 23.9 Å². The van der Waals surface area contributed by atoms with E-state index >= 15 is 0 Å². The average Bonchev–Trinajstić information content (AvgIpc) is 2.97. The summed E-state index contributed by atoms with van der Waals surface area (Å²) in [5, 5.41) is 6.51. The van der Waals surface area contributed by atoms with Crippen LogP contribution in [-0.4, -0.2) is 36.1 Å². The van der Waals surface area contributed by atoms with Gasteiger partial charge in [0.15, 0.2) is 12.2 Å². The molecule has 2 amide bonds. The lowest BCUT2D eigenvalue weighted by Crippen LogP contribution is -2.45. The van der Waals surface area contributed by atoms with Crippen molar-refractivity contribution in [2.75, 3.05) is 0 Å². The number of ether oxygens (including phenoxy) is 2. The molecule has 212 valence electrons. The van der Waals surface area contributed by atoms with Crippen LogP contribution >= 0.6 is 0 Å². The molecule has 2 aromatic carbocycles. The average molecular weight is 535 g/mol. The van der Waals surface area contributed by atoms with Gasteiger partial charge in [0, 0.05) is 12.1 Å². The van der Waals surface area contributed by atoms with Crippen LogP contribution in [0.25, 0.3) is 0 Å². The van der Waals surface area contributed by atoms with E-state index in [0.29, 0.717) is 12.8 Å². The van der Waals surface area contributed by atoms with Gasteiger partial charge in [0.05, 0.1) is 0 Å². The number of benzene rings is 2. The smallest absolute Gasteiger partial charge is 0.261 e. The third kappa shape index (κ3) is 9.01. The molecule has 0 radical (unpaired) electrons. The van der Waals surface area contributed by atoms with Crippen LogP contribution in [0.1, 0.15) is 84.5 Å². The van der Waals surface area contributed by atoms with Crippen molar-refractivity contribution >= 4 is 11.8 Å². The third-order valence-electron chi connectivity index (χ3n) is 8.42. The van der Waals surface area contributed by atoms with Crippen LogP contribution in [0.2, 0.25) is 0 Å². The highest BCUT2D eigenvalue weighted by molar-refractivity contribution is 5.81. The van der Waals surface area contributed by atoms with Gasteiger partial charge in [-0.05, 0) is 107 Å². The third-order valence-corrected chi connectivity index (χ3v) is 8.42. The Hall–Kier alpha value is -3.02. The minimum Gasteiger partial charge on any atom is -0.481 e. The second-order valence-electron chi connectivity index (χ2n) is 11.3. The fourth-order valence-electron chi connectivity index (χ4n) is 6.12. The summed E-state index contributed by atoms with van der Waals surface area (Å²) in [5.41, 5.74) is 0. The van der Waals surface area contributed by atoms with Crippen molar-refractivity contribution in [1.29, 1.82) is 0 Å². The first kappa shape index (κ1) is 29.0. The van der Waals surface area contributed by atoms with Crippen LogP contribution in [0.3, 0.4) is 0 Å². The van der Waals surface area contributed by atoms with Crippen LogP contribution in [0, 0.1) is 11.8 Å². The molecule has 4 rings (SSSR count). The number of rotatable bonds is 12. The number of carbonyl (C=O) groups excluding carboxylic acids is 2. The van der Waals surface area contributed by atoms with Crippen molar-refractivity contribution < 1.29 is 19.1 Å². The molecule has 0 bridgehead atoms. The lowest BCUT2D eigenvalue weighted by atomic mass is 9.75. The predicted octanol–water partition coefficient (Wildman–Crippen LogP) is 6.44. The molecule has 2 aromatic rings. The molecule has 0 aliphatic heterocycles. The summed E-state index contributed by atoms with van der Waals surface area (Å²) in [7, 11) is 0. The SMILES string of the molecule is CC[C@@H](Oc1ccccc1)C(=O)NC1CCC(CC2CCC(NC(=O)[C@@H](CC)Oc3ccccc3)CC2)CC1. The molecule has 6 heteroatoms. The summed E-state index contributed by atoms with van der Waals surface area (Å²) in [5.74, 6) is 2.96. The van der Waals surface area contributed by atoms with Crippen LogP contribution in [-0.2, 0) is 9.59 Å². The molecular weight excluding hydrogens is 488 g/mol. The monoisotopic (exact) mass is 534 g/mol. The van der Waals surface area contributed by atoms with Crippen molar-refractivity contribution in [3.63, 3.8) is 0 Å². The van der Waals surface area contributed by atoms with Gasteiger partial charge >= 0.3 is 0 Å². The first-order chi connectivity index (χ1) is 19.0. The van der Waals surface area contributed by atoms with Crippen molar-refractivity contribution in [3.8, 4) is 11.5 Å². The van der Waals surface area contributed by atoms with E-state index < -0.39 is 12.2 Å². The van der Waals surface area contributed by atoms with Crippen molar-refractivity contribution in [2.24, 2.45) is 11.8 Å².